The Morgan fingerprint density at radius 1 is 1.15 bits per heavy atom. The Hall–Kier alpha value is -3.18. The highest BCUT2D eigenvalue weighted by molar-refractivity contribution is 5.65. The Balaban J connectivity index is 2.36. The zero-order valence-corrected chi connectivity index (χ0v) is 14.6. The van der Waals surface area contributed by atoms with Crippen molar-refractivity contribution < 1.29 is 19.7 Å². The highest BCUT2D eigenvalue weighted by Crippen LogP contribution is 2.50. The molecule has 1 unspecified atom stereocenters. The summed E-state index contributed by atoms with van der Waals surface area (Å²) in [6, 6.07) is 3.03. The molecule has 1 atom stereocenters. The lowest BCUT2D eigenvalue weighted by Crippen LogP contribution is -2.40. The van der Waals surface area contributed by atoms with Crippen molar-refractivity contribution in [3.8, 4) is 17.2 Å². The first-order valence-corrected chi connectivity index (χ1v) is 8.13. The maximum atomic E-state index is 11.9. The van der Waals surface area contributed by atoms with Crippen LogP contribution in [0.1, 0.15) is 12.5 Å². The van der Waals surface area contributed by atoms with Crippen LogP contribution in [0.2, 0.25) is 0 Å². The van der Waals surface area contributed by atoms with Gasteiger partial charge in [0, 0.05) is 34.2 Å². The van der Waals surface area contributed by atoms with Gasteiger partial charge in [-0.3, -0.25) is 0 Å². The zero-order chi connectivity index (χ0) is 18.9. The first-order valence-electron chi connectivity index (χ1n) is 8.13. The number of fused-ring (bicyclic) bond motifs is 1. The molecule has 1 aromatic rings. The van der Waals surface area contributed by atoms with Crippen LogP contribution in [-0.2, 0) is 5.60 Å². The van der Waals surface area contributed by atoms with Gasteiger partial charge in [-0.25, -0.2) is 0 Å². The van der Waals surface area contributed by atoms with Gasteiger partial charge in [-0.2, -0.15) is 0 Å². The van der Waals surface area contributed by atoms with Crippen LogP contribution in [0.15, 0.2) is 84.8 Å². The molecule has 3 N–H and O–H groups in total. The second-order valence-electron chi connectivity index (χ2n) is 5.81. The molecule has 0 aromatic heterocycles. The van der Waals surface area contributed by atoms with Gasteiger partial charge in [-0.05, 0) is 25.1 Å². The van der Waals surface area contributed by atoms with Crippen LogP contribution in [0.25, 0.3) is 0 Å². The largest absolute Gasteiger partial charge is 0.507 e. The number of allylic oxidation sites excluding steroid dienone is 4. The third kappa shape index (κ3) is 2.45. The van der Waals surface area contributed by atoms with Gasteiger partial charge in [-0.15, -0.1) is 0 Å². The van der Waals surface area contributed by atoms with Crippen molar-refractivity contribution in [2.75, 3.05) is 6.79 Å². The van der Waals surface area contributed by atoms with Crippen LogP contribution in [0.3, 0.4) is 0 Å². The summed E-state index contributed by atoms with van der Waals surface area (Å²) in [5, 5.41) is 25.7. The quantitative estimate of drug-likeness (QED) is 0.774. The second kappa shape index (κ2) is 6.61. The molecule has 134 valence electrons. The topological polar surface area (TPSA) is 71.0 Å². The molecular weight excluding hydrogens is 330 g/mol. The fraction of sp³-hybridized carbons (Fsp3) is 0.143. The molecule has 2 aliphatic rings. The van der Waals surface area contributed by atoms with Gasteiger partial charge in [0.25, 0.3) is 0 Å². The third-order valence-corrected chi connectivity index (χ3v) is 4.49. The highest BCUT2D eigenvalue weighted by Gasteiger charge is 2.45. The van der Waals surface area contributed by atoms with E-state index in [1.807, 2.05) is 6.92 Å². The predicted octanol–water partition coefficient (Wildman–Crippen LogP) is 3.55. The number of aromatic hydroxyl groups is 1. The standard InChI is InChI=1S/C21H21NO4/c1-5-9-17-14(7-3)21(24,13(6-2)16(8-4)22-17)15-10-19-20(11-18(15)23)26-12-25-19/h5-11,22-24H,1-2,4,12H2,3H3/b14-7+,17-9+. The van der Waals surface area contributed by atoms with Gasteiger partial charge in [-0.1, -0.05) is 38.0 Å². The second-order valence-corrected chi connectivity index (χ2v) is 5.81. The van der Waals surface area contributed by atoms with Gasteiger partial charge in [0.1, 0.15) is 11.4 Å². The van der Waals surface area contributed by atoms with Gasteiger partial charge in [0.05, 0.1) is 0 Å². The lowest BCUT2D eigenvalue weighted by molar-refractivity contribution is 0.113. The van der Waals surface area contributed by atoms with Crippen LogP contribution >= 0.6 is 0 Å². The number of hydrogen-bond donors (Lipinski definition) is 3. The van der Waals surface area contributed by atoms with E-state index in [2.05, 4.69) is 25.1 Å². The van der Waals surface area contributed by atoms with Gasteiger partial charge < -0.3 is 25.0 Å². The average Bonchev–Trinajstić information content (AvgIpc) is 3.08. The molecule has 0 radical (unpaired) electrons. The Bertz CT molecular complexity index is 892. The SMILES string of the molecule is C=C/C=C1/NC(C=C)=C(C=C)C(O)(c2cc3c(cc2O)OCO3)/C1=C/C. The highest BCUT2D eigenvalue weighted by atomic mass is 16.7. The van der Waals surface area contributed by atoms with Crippen molar-refractivity contribution in [1.82, 2.24) is 5.32 Å². The van der Waals surface area contributed by atoms with Crippen LogP contribution in [0.4, 0.5) is 0 Å². The van der Waals surface area contributed by atoms with Crippen molar-refractivity contribution in [2.45, 2.75) is 12.5 Å². The van der Waals surface area contributed by atoms with Crippen molar-refractivity contribution in [1.29, 1.82) is 0 Å². The molecule has 0 bridgehead atoms. The summed E-state index contributed by atoms with van der Waals surface area (Å²) in [5.74, 6) is 0.775. The lowest BCUT2D eigenvalue weighted by Gasteiger charge is -2.40. The van der Waals surface area contributed by atoms with E-state index in [1.165, 1.54) is 6.07 Å². The third-order valence-electron chi connectivity index (χ3n) is 4.49. The smallest absolute Gasteiger partial charge is 0.231 e. The molecule has 0 spiro atoms. The number of aliphatic hydroxyl groups is 1. The molecule has 0 amide bonds. The summed E-state index contributed by atoms with van der Waals surface area (Å²) in [6.07, 6.45) is 8.27. The first-order chi connectivity index (χ1) is 12.5. The maximum Gasteiger partial charge on any atom is 0.231 e. The number of hydrogen-bond acceptors (Lipinski definition) is 5. The first kappa shape index (κ1) is 17.6. The molecule has 5 heteroatoms. The maximum absolute atomic E-state index is 11.9. The minimum Gasteiger partial charge on any atom is -0.507 e. The molecule has 3 rings (SSSR count). The molecular formula is C21H21NO4. The number of rotatable bonds is 4. The number of phenolic OH excluding ortho intramolecular Hbond substituents is 1. The zero-order valence-electron chi connectivity index (χ0n) is 14.6. The van der Waals surface area contributed by atoms with Crippen molar-refractivity contribution in [3.05, 3.63) is 90.4 Å². The van der Waals surface area contributed by atoms with E-state index in [1.54, 1.807) is 36.4 Å². The summed E-state index contributed by atoms with van der Waals surface area (Å²) in [5.41, 5.74) is 0.843. The van der Waals surface area contributed by atoms with E-state index in [9.17, 15) is 10.2 Å². The fourth-order valence-electron chi connectivity index (χ4n) is 3.36. The van der Waals surface area contributed by atoms with E-state index in [0.29, 0.717) is 34.0 Å². The molecule has 5 nitrogen and oxygen atoms in total. The minimum atomic E-state index is -1.66. The summed E-state index contributed by atoms with van der Waals surface area (Å²) in [6.45, 7) is 13.2. The summed E-state index contributed by atoms with van der Waals surface area (Å²) in [7, 11) is 0. The van der Waals surface area contributed by atoms with Gasteiger partial charge >= 0.3 is 0 Å². The van der Waals surface area contributed by atoms with Gasteiger partial charge in [0.15, 0.2) is 11.5 Å². The van der Waals surface area contributed by atoms with Crippen molar-refractivity contribution in [2.24, 2.45) is 0 Å². The predicted molar refractivity (Wildman–Crippen MR) is 101 cm³/mol. The summed E-state index contributed by atoms with van der Waals surface area (Å²) < 4.78 is 10.7. The Labute approximate surface area is 152 Å². The average molecular weight is 351 g/mol. The normalized spacial score (nSPS) is 24.5. The molecule has 0 aliphatic carbocycles. The molecule has 1 aromatic carbocycles. The molecule has 2 aliphatic heterocycles. The van der Waals surface area contributed by atoms with Crippen molar-refractivity contribution in [3.63, 3.8) is 0 Å². The van der Waals surface area contributed by atoms with Crippen LogP contribution in [0.5, 0.6) is 17.2 Å². The lowest BCUT2D eigenvalue weighted by atomic mass is 9.74. The van der Waals surface area contributed by atoms with E-state index in [0.717, 1.165) is 0 Å². The van der Waals surface area contributed by atoms with Crippen LogP contribution in [-0.4, -0.2) is 17.0 Å². The van der Waals surface area contributed by atoms with Crippen LogP contribution in [0, 0.1) is 0 Å². The number of nitrogens with one attached hydrogen (secondary N) is 1. The Morgan fingerprint density at radius 3 is 2.42 bits per heavy atom. The molecule has 0 saturated carbocycles. The fourth-order valence-corrected chi connectivity index (χ4v) is 3.36. The molecule has 0 fully saturated rings. The summed E-state index contributed by atoms with van der Waals surface area (Å²) >= 11 is 0. The van der Waals surface area contributed by atoms with E-state index in [4.69, 9.17) is 9.47 Å². The Morgan fingerprint density at radius 2 is 1.85 bits per heavy atom. The minimum absolute atomic E-state index is 0.0678. The molecule has 26 heavy (non-hydrogen) atoms. The molecule has 2 heterocycles. The number of benzene rings is 1. The Kier molecular flexibility index (Phi) is 4.49. The number of ether oxygens (including phenoxy) is 2. The number of phenols is 1. The summed E-state index contributed by atoms with van der Waals surface area (Å²) in [4.78, 5) is 0. The monoisotopic (exact) mass is 351 g/mol. The van der Waals surface area contributed by atoms with E-state index < -0.39 is 5.60 Å². The molecule has 0 saturated heterocycles. The van der Waals surface area contributed by atoms with Crippen molar-refractivity contribution >= 4 is 0 Å². The van der Waals surface area contributed by atoms with Crippen LogP contribution < -0.4 is 14.8 Å². The van der Waals surface area contributed by atoms with E-state index >= 15 is 0 Å². The van der Waals surface area contributed by atoms with E-state index in [-0.39, 0.29) is 18.1 Å². The van der Waals surface area contributed by atoms with Gasteiger partial charge in [0.2, 0.25) is 6.79 Å².